The molecule has 0 bridgehead atoms. The van der Waals surface area contributed by atoms with E-state index >= 15 is 0 Å². The van der Waals surface area contributed by atoms with Crippen LogP contribution in [0.4, 0.5) is 10.1 Å². The van der Waals surface area contributed by atoms with Crippen LogP contribution in [-0.4, -0.2) is 22.5 Å². The molecule has 1 aromatic carbocycles. The molecule has 3 aromatic rings. The third-order valence-corrected chi connectivity index (χ3v) is 3.91. The van der Waals surface area contributed by atoms with Crippen molar-refractivity contribution in [3.8, 4) is 0 Å². The van der Waals surface area contributed by atoms with Gasteiger partial charge in [-0.25, -0.2) is 19.2 Å². The lowest BCUT2D eigenvalue weighted by atomic mass is 10.1. The smallest absolute Gasteiger partial charge is 0.341 e. The van der Waals surface area contributed by atoms with E-state index in [-0.39, 0.29) is 5.82 Å². The number of anilines is 1. The van der Waals surface area contributed by atoms with Crippen molar-refractivity contribution in [2.75, 3.05) is 11.9 Å². The molecule has 26 heavy (non-hydrogen) atoms. The molecule has 0 saturated carbocycles. The van der Waals surface area contributed by atoms with Crippen molar-refractivity contribution in [1.82, 2.24) is 9.97 Å². The molecule has 0 aliphatic carbocycles. The summed E-state index contributed by atoms with van der Waals surface area (Å²) in [5.41, 5.74) is 3.27. The highest BCUT2D eigenvalue weighted by Crippen LogP contribution is 2.26. The lowest BCUT2D eigenvalue weighted by Gasteiger charge is -2.14. The number of nitrogens with zero attached hydrogens (tertiary/aromatic N) is 2. The topological polar surface area (TPSA) is 64.1 Å². The van der Waals surface area contributed by atoms with Gasteiger partial charge in [0.25, 0.3) is 0 Å². The molecule has 0 unspecified atom stereocenters. The Morgan fingerprint density at radius 1 is 1.19 bits per heavy atom. The molecule has 0 amide bonds. The third kappa shape index (κ3) is 3.96. The minimum atomic E-state index is -0.427. The Morgan fingerprint density at radius 2 is 1.96 bits per heavy atom. The number of esters is 1. The molecular weight excluding hydrogens is 333 g/mol. The average molecular weight is 353 g/mol. The van der Waals surface area contributed by atoms with Gasteiger partial charge in [0.05, 0.1) is 12.3 Å². The molecule has 0 saturated heterocycles. The molecule has 0 aliphatic heterocycles. The van der Waals surface area contributed by atoms with Crippen molar-refractivity contribution < 1.29 is 13.9 Å². The number of aromatic nitrogens is 2. The van der Waals surface area contributed by atoms with Crippen molar-refractivity contribution in [1.29, 1.82) is 0 Å². The maximum Gasteiger partial charge on any atom is 0.341 e. The largest absolute Gasteiger partial charge is 0.462 e. The van der Waals surface area contributed by atoms with E-state index in [4.69, 9.17) is 4.74 Å². The Morgan fingerprint density at radius 3 is 2.69 bits per heavy atom. The standard InChI is InChI=1S/C20H20FN3O2/c1-3-10-26-20(25)17-12-23-19-16(9-4-13(2)24-19)18(17)22-11-14-5-7-15(21)8-6-14/h4-9,12H,3,10-11H2,1-2H3,(H,22,23,24). The fraction of sp³-hybridized carbons (Fsp3) is 0.250. The van der Waals surface area contributed by atoms with E-state index in [0.29, 0.717) is 30.0 Å². The summed E-state index contributed by atoms with van der Waals surface area (Å²) in [5.74, 6) is -0.713. The monoisotopic (exact) mass is 353 g/mol. The molecule has 1 N–H and O–H groups in total. The zero-order chi connectivity index (χ0) is 18.5. The second-order valence-corrected chi connectivity index (χ2v) is 5.99. The maximum absolute atomic E-state index is 13.1. The second kappa shape index (κ2) is 7.91. The molecule has 0 atom stereocenters. The Kier molecular flexibility index (Phi) is 5.41. The first-order valence-electron chi connectivity index (χ1n) is 8.50. The predicted octanol–water partition coefficient (Wildman–Crippen LogP) is 4.26. The second-order valence-electron chi connectivity index (χ2n) is 5.99. The molecular formula is C20H20FN3O2. The van der Waals surface area contributed by atoms with Crippen molar-refractivity contribution >= 4 is 22.7 Å². The van der Waals surface area contributed by atoms with E-state index in [1.807, 2.05) is 26.0 Å². The summed E-state index contributed by atoms with van der Waals surface area (Å²) >= 11 is 0. The Hall–Kier alpha value is -3.02. The van der Waals surface area contributed by atoms with Crippen molar-refractivity contribution in [2.24, 2.45) is 0 Å². The van der Waals surface area contributed by atoms with Gasteiger partial charge in [-0.3, -0.25) is 0 Å². The molecule has 2 heterocycles. The van der Waals surface area contributed by atoms with Crippen LogP contribution < -0.4 is 5.32 Å². The third-order valence-electron chi connectivity index (χ3n) is 3.91. The normalized spacial score (nSPS) is 10.7. The van der Waals surface area contributed by atoms with E-state index in [9.17, 15) is 9.18 Å². The summed E-state index contributed by atoms with van der Waals surface area (Å²) in [6.07, 6.45) is 2.23. The van der Waals surface area contributed by atoms with Gasteiger partial charge in [0.2, 0.25) is 0 Å². The minimum Gasteiger partial charge on any atom is -0.462 e. The van der Waals surface area contributed by atoms with Gasteiger partial charge < -0.3 is 10.1 Å². The highest BCUT2D eigenvalue weighted by atomic mass is 19.1. The molecule has 0 radical (unpaired) electrons. The van der Waals surface area contributed by atoms with Gasteiger partial charge >= 0.3 is 5.97 Å². The number of ether oxygens (including phenoxy) is 1. The number of fused-ring (bicyclic) bond motifs is 1. The Bertz CT molecular complexity index is 926. The summed E-state index contributed by atoms with van der Waals surface area (Å²) in [7, 11) is 0. The Labute approximate surface area is 151 Å². The number of hydrogen-bond donors (Lipinski definition) is 1. The quantitative estimate of drug-likeness (QED) is 0.671. The molecule has 0 fully saturated rings. The van der Waals surface area contributed by atoms with Crippen LogP contribution in [0.5, 0.6) is 0 Å². The number of nitrogens with one attached hydrogen (secondary N) is 1. The van der Waals surface area contributed by atoms with Gasteiger partial charge in [0.1, 0.15) is 11.4 Å². The molecule has 134 valence electrons. The zero-order valence-electron chi connectivity index (χ0n) is 14.8. The van der Waals surface area contributed by atoms with Crippen molar-refractivity contribution in [3.63, 3.8) is 0 Å². The summed E-state index contributed by atoms with van der Waals surface area (Å²) in [5, 5.41) is 4.01. The fourth-order valence-electron chi connectivity index (χ4n) is 2.58. The van der Waals surface area contributed by atoms with Crippen LogP contribution in [0, 0.1) is 12.7 Å². The average Bonchev–Trinajstić information content (AvgIpc) is 2.65. The number of benzene rings is 1. The molecule has 3 rings (SSSR count). The highest BCUT2D eigenvalue weighted by Gasteiger charge is 2.17. The van der Waals surface area contributed by atoms with Crippen LogP contribution in [0.3, 0.4) is 0 Å². The van der Waals surface area contributed by atoms with Crippen LogP contribution in [-0.2, 0) is 11.3 Å². The molecule has 2 aromatic heterocycles. The number of halogens is 1. The van der Waals surface area contributed by atoms with Crippen LogP contribution in [0.2, 0.25) is 0 Å². The van der Waals surface area contributed by atoms with Gasteiger partial charge in [-0.2, -0.15) is 0 Å². The fourth-order valence-corrected chi connectivity index (χ4v) is 2.58. The van der Waals surface area contributed by atoms with Crippen molar-refractivity contribution in [3.05, 3.63) is 65.2 Å². The summed E-state index contributed by atoms with van der Waals surface area (Å²) in [4.78, 5) is 21.1. The summed E-state index contributed by atoms with van der Waals surface area (Å²) in [6.45, 7) is 4.60. The molecule has 0 aliphatic rings. The lowest BCUT2D eigenvalue weighted by Crippen LogP contribution is -2.12. The van der Waals surface area contributed by atoms with Gasteiger partial charge in [0, 0.05) is 23.8 Å². The van der Waals surface area contributed by atoms with Crippen LogP contribution >= 0.6 is 0 Å². The zero-order valence-corrected chi connectivity index (χ0v) is 14.8. The predicted molar refractivity (Wildman–Crippen MR) is 98.6 cm³/mol. The molecule has 5 nitrogen and oxygen atoms in total. The molecule has 6 heteroatoms. The molecule has 0 spiro atoms. The van der Waals surface area contributed by atoms with E-state index < -0.39 is 5.97 Å². The number of hydrogen-bond acceptors (Lipinski definition) is 5. The van der Waals surface area contributed by atoms with E-state index in [0.717, 1.165) is 23.1 Å². The van der Waals surface area contributed by atoms with Gasteiger partial charge in [-0.15, -0.1) is 0 Å². The summed E-state index contributed by atoms with van der Waals surface area (Å²) in [6, 6.07) is 9.96. The Balaban J connectivity index is 1.97. The minimum absolute atomic E-state index is 0.286. The number of carbonyl (C=O) groups is 1. The van der Waals surface area contributed by atoms with Crippen LogP contribution in [0.25, 0.3) is 11.0 Å². The number of pyridine rings is 2. The van der Waals surface area contributed by atoms with Gasteiger partial charge in [-0.05, 0) is 43.2 Å². The number of rotatable bonds is 6. The SMILES string of the molecule is CCCOC(=O)c1cnc2nc(C)ccc2c1NCc1ccc(F)cc1. The van der Waals surface area contributed by atoms with Crippen molar-refractivity contribution in [2.45, 2.75) is 26.8 Å². The first-order chi connectivity index (χ1) is 12.6. The number of aryl methyl sites for hydroxylation is 1. The highest BCUT2D eigenvalue weighted by molar-refractivity contribution is 6.04. The van der Waals surface area contributed by atoms with E-state index in [1.165, 1.54) is 18.3 Å². The summed E-state index contributed by atoms with van der Waals surface area (Å²) < 4.78 is 18.4. The van der Waals surface area contributed by atoms with Crippen LogP contribution in [0.1, 0.15) is 35.0 Å². The van der Waals surface area contributed by atoms with Crippen LogP contribution in [0.15, 0.2) is 42.6 Å². The van der Waals surface area contributed by atoms with Gasteiger partial charge in [-0.1, -0.05) is 19.1 Å². The number of carbonyl (C=O) groups excluding carboxylic acids is 1. The lowest BCUT2D eigenvalue weighted by molar-refractivity contribution is 0.0506. The first kappa shape index (κ1) is 17.8. The maximum atomic E-state index is 13.1. The first-order valence-corrected chi connectivity index (χ1v) is 8.50. The van der Waals surface area contributed by atoms with Gasteiger partial charge in [0.15, 0.2) is 5.65 Å². The van der Waals surface area contributed by atoms with E-state index in [2.05, 4.69) is 15.3 Å². The van der Waals surface area contributed by atoms with E-state index in [1.54, 1.807) is 12.1 Å².